The molecule has 0 saturated heterocycles. The summed E-state index contributed by atoms with van der Waals surface area (Å²) < 4.78 is 0. The van der Waals surface area contributed by atoms with Crippen molar-refractivity contribution in [3.05, 3.63) is 33.8 Å². The van der Waals surface area contributed by atoms with Gasteiger partial charge in [0, 0.05) is 22.1 Å². The molecule has 118 valence electrons. The highest BCUT2D eigenvalue weighted by Crippen LogP contribution is 2.21. The fourth-order valence-electron chi connectivity index (χ4n) is 1.06. The van der Waals surface area contributed by atoms with E-state index < -0.39 is 11.9 Å². The monoisotopic (exact) mass is 337 g/mol. The van der Waals surface area contributed by atoms with Crippen molar-refractivity contribution in [3.63, 3.8) is 0 Å². The lowest BCUT2D eigenvalue weighted by molar-refractivity contribution is -0.159. The number of hydrogen-bond donors (Lipinski definition) is 4. The number of halogens is 2. The van der Waals surface area contributed by atoms with Crippen LogP contribution in [0, 0.1) is 0 Å². The Labute approximate surface area is 132 Å². The normalized spacial score (nSPS) is 10.5. The number of carboxylic acid groups (broad SMARTS) is 2. The molecule has 0 aromatic heterocycles. The number of rotatable bonds is 4. The van der Waals surface area contributed by atoms with Crippen LogP contribution in [0.2, 0.25) is 10.0 Å². The molecule has 0 unspecified atom stereocenters. The van der Waals surface area contributed by atoms with Crippen LogP contribution in [0.5, 0.6) is 0 Å². The second-order valence-corrected chi connectivity index (χ2v) is 5.59. The summed E-state index contributed by atoms with van der Waals surface area (Å²) in [6, 6.07) is 5.40. The Hall–Kier alpha value is -1.34. The Kier molecular flexibility index (Phi) is 8.27. The molecule has 1 aromatic rings. The van der Waals surface area contributed by atoms with Crippen LogP contribution in [-0.4, -0.2) is 39.4 Å². The molecule has 6 nitrogen and oxygen atoms in total. The number of carboxylic acids is 2. The van der Waals surface area contributed by atoms with Gasteiger partial charge in [-0.1, -0.05) is 29.3 Å². The minimum Gasteiger partial charge on any atom is -0.473 e. The van der Waals surface area contributed by atoms with E-state index in [4.69, 9.17) is 48.1 Å². The molecule has 0 heterocycles. The van der Waals surface area contributed by atoms with Gasteiger partial charge < -0.3 is 20.6 Å². The number of carbonyl (C=O) groups is 2. The van der Waals surface area contributed by atoms with Crippen LogP contribution < -0.4 is 5.32 Å². The summed E-state index contributed by atoms with van der Waals surface area (Å²) in [6.45, 7) is 4.55. The Morgan fingerprint density at radius 3 is 2.10 bits per heavy atom. The summed E-state index contributed by atoms with van der Waals surface area (Å²) in [5.74, 6) is -3.65. The smallest absolute Gasteiger partial charge is 0.414 e. The van der Waals surface area contributed by atoms with E-state index in [2.05, 4.69) is 5.32 Å². The molecule has 0 radical (unpaired) electrons. The van der Waals surface area contributed by atoms with Gasteiger partial charge in [0.1, 0.15) is 0 Å². The van der Waals surface area contributed by atoms with Gasteiger partial charge in [0.15, 0.2) is 0 Å². The summed E-state index contributed by atoms with van der Waals surface area (Å²) in [5, 5.41) is 28.3. The van der Waals surface area contributed by atoms with Crippen molar-refractivity contribution in [1.29, 1.82) is 0 Å². The first kappa shape index (κ1) is 19.7. The Bertz CT molecular complexity index is 493. The first-order chi connectivity index (χ1) is 9.59. The number of nitrogens with one attached hydrogen (secondary N) is 1. The van der Waals surface area contributed by atoms with Crippen LogP contribution in [0.25, 0.3) is 0 Å². The van der Waals surface area contributed by atoms with E-state index in [0.717, 1.165) is 5.56 Å². The van der Waals surface area contributed by atoms with E-state index in [1.165, 1.54) is 0 Å². The molecule has 0 atom stereocenters. The van der Waals surface area contributed by atoms with Gasteiger partial charge in [-0.3, -0.25) is 0 Å². The molecule has 0 fully saturated rings. The summed E-state index contributed by atoms with van der Waals surface area (Å²) in [4.78, 5) is 18.2. The summed E-state index contributed by atoms with van der Waals surface area (Å²) in [6.07, 6.45) is 0. The van der Waals surface area contributed by atoms with Crippen LogP contribution >= 0.6 is 23.2 Å². The van der Waals surface area contributed by atoms with Crippen LogP contribution in [-0.2, 0) is 16.1 Å². The maximum atomic E-state index is 9.10. The molecule has 21 heavy (non-hydrogen) atoms. The van der Waals surface area contributed by atoms with E-state index in [1.807, 2.05) is 19.9 Å². The molecule has 0 aliphatic heterocycles. The number of benzene rings is 1. The second-order valence-electron chi connectivity index (χ2n) is 4.74. The maximum absolute atomic E-state index is 9.10. The summed E-state index contributed by atoms with van der Waals surface area (Å²) in [7, 11) is 0. The van der Waals surface area contributed by atoms with Gasteiger partial charge in [-0.2, -0.15) is 0 Å². The molecule has 0 spiro atoms. The van der Waals surface area contributed by atoms with E-state index >= 15 is 0 Å². The van der Waals surface area contributed by atoms with Gasteiger partial charge in [0.2, 0.25) is 0 Å². The van der Waals surface area contributed by atoms with Gasteiger partial charge in [0.05, 0.1) is 6.61 Å². The van der Waals surface area contributed by atoms with E-state index in [1.54, 1.807) is 12.1 Å². The topological polar surface area (TPSA) is 107 Å². The van der Waals surface area contributed by atoms with E-state index in [-0.39, 0.29) is 12.1 Å². The van der Waals surface area contributed by atoms with Crippen molar-refractivity contribution >= 4 is 35.1 Å². The minimum absolute atomic E-state index is 0.0816. The molecule has 0 aliphatic carbocycles. The lowest BCUT2D eigenvalue weighted by Crippen LogP contribution is -2.42. The van der Waals surface area contributed by atoms with E-state index in [9.17, 15) is 0 Å². The number of aliphatic hydroxyl groups is 1. The molecule has 1 aromatic carbocycles. The molecule has 0 saturated carbocycles. The van der Waals surface area contributed by atoms with E-state index in [0.29, 0.717) is 16.6 Å². The van der Waals surface area contributed by atoms with Crippen molar-refractivity contribution in [1.82, 2.24) is 5.32 Å². The highest BCUT2D eigenvalue weighted by molar-refractivity contribution is 6.35. The average Bonchev–Trinajstić information content (AvgIpc) is 2.38. The maximum Gasteiger partial charge on any atom is 0.414 e. The lowest BCUT2D eigenvalue weighted by Gasteiger charge is -2.23. The van der Waals surface area contributed by atoms with Crippen LogP contribution in [0.3, 0.4) is 0 Å². The third-order valence-corrected chi connectivity index (χ3v) is 2.94. The fraction of sp³-hybridized carbons (Fsp3) is 0.385. The molecule has 8 heteroatoms. The Morgan fingerprint density at radius 1 is 1.19 bits per heavy atom. The van der Waals surface area contributed by atoms with Crippen LogP contribution in [0.15, 0.2) is 18.2 Å². The predicted molar refractivity (Wildman–Crippen MR) is 79.7 cm³/mol. The third-order valence-electron chi connectivity index (χ3n) is 2.35. The zero-order valence-corrected chi connectivity index (χ0v) is 13.1. The van der Waals surface area contributed by atoms with Crippen molar-refractivity contribution in [2.45, 2.75) is 25.9 Å². The van der Waals surface area contributed by atoms with Gasteiger partial charge >= 0.3 is 11.9 Å². The van der Waals surface area contributed by atoms with Crippen molar-refractivity contribution in [2.75, 3.05) is 6.61 Å². The summed E-state index contributed by atoms with van der Waals surface area (Å²) >= 11 is 11.8. The summed E-state index contributed by atoms with van der Waals surface area (Å²) in [5.41, 5.74) is 0.672. The Morgan fingerprint density at radius 2 is 1.71 bits per heavy atom. The molecular weight excluding hydrogens is 321 g/mol. The molecule has 0 amide bonds. The zero-order chi connectivity index (χ0) is 16.6. The van der Waals surface area contributed by atoms with Crippen LogP contribution in [0.4, 0.5) is 0 Å². The first-order valence-corrected chi connectivity index (χ1v) is 6.60. The van der Waals surface area contributed by atoms with Gasteiger partial charge in [0.25, 0.3) is 0 Å². The highest BCUT2D eigenvalue weighted by Gasteiger charge is 2.15. The largest absolute Gasteiger partial charge is 0.473 e. The highest BCUT2D eigenvalue weighted by atomic mass is 35.5. The SMILES string of the molecule is CC(C)(CO)NCc1ccc(Cl)cc1Cl.O=C(O)C(=O)O. The second kappa shape index (κ2) is 8.84. The van der Waals surface area contributed by atoms with Gasteiger partial charge in [-0.25, -0.2) is 9.59 Å². The van der Waals surface area contributed by atoms with Crippen molar-refractivity contribution in [2.24, 2.45) is 0 Å². The lowest BCUT2D eigenvalue weighted by atomic mass is 10.1. The molecule has 1 rings (SSSR count). The van der Waals surface area contributed by atoms with Gasteiger partial charge in [-0.15, -0.1) is 0 Å². The van der Waals surface area contributed by atoms with Gasteiger partial charge in [-0.05, 0) is 31.5 Å². The predicted octanol–water partition coefficient (Wildman–Crippen LogP) is 2.01. The fourth-order valence-corrected chi connectivity index (χ4v) is 1.53. The molecule has 0 aliphatic rings. The number of aliphatic carboxylic acids is 2. The quantitative estimate of drug-likeness (QED) is 0.626. The average molecular weight is 338 g/mol. The van der Waals surface area contributed by atoms with Crippen LogP contribution in [0.1, 0.15) is 19.4 Å². The molecule has 4 N–H and O–H groups in total. The third kappa shape index (κ3) is 8.52. The van der Waals surface area contributed by atoms with Crippen molar-refractivity contribution in [3.8, 4) is 0 Å². The number of aliphatic hydroxyl groups excluding tert-OH is 1. The van der Waals surface area contributed by atoms with Crippen molar-refractivity contribution < 1.29 is 24.9 Å². The minimum atomic E-state index is -1.82. The number of hydrogen-bond acceptors (Lipinski definition) is 4. The first-order valence-electron chi connectivity index (χ1n) is 5.85. The zero-order valence-electron chi connectivity index (χ0n) is 11.6. The molecule has 0 bridgehead atoms. The molecular formula is C13H17Cl2NO5. The standard InChI is InChI=1S/C11H15Cl2NO.C2H2O4/c1-11(2,7-15)14-6-8-3-4-9(12)5-10(8)13;3-1(4)2(5)6/h3-5,14-15H,6-7H2,1-2H3;(H,3,4)(H,5,6). The Balaban J connectivity index is 0.000000567.